The summed E-state index contributed by atoms with van der Waals surface area (Å²) in [4.78, 5) is 0. The molecule has 0 saturated heterocycles. The van der Waals surface area contributed by atoms with E-state index in [1.165, 1.54) is 6.42 Å². The van der Waals surface area contributed by atoms with Crippen molar-refractivity contribution in [1.29, 1.82) is 0 Å². The third-order valence-electron chi connectivity index (χ3n) is 4.04. The van der Waals surface area contributed by atoms with E-state index >= 15 is 0 Å². The minimum Gasteiger partial charge on any atom is -0.396 e. The van der Waals surface area contributed by atoms with Crippen molar-refractivity contribution in [1.82, 2.24) is 0 Å². The first kappa shape index (κ1) is 12.5. The lowest BCUT2D eigenvalue weighted by atomic mass is 9.52. The Hall–Kier alpha value is 0.400. The van der Waals surface area contributed by atoms with E-state index in [1.54, 1.807) is 0 Å². The van der Waals surface area contributed by atoms with E-state index in [0.717, 1.165) is 18.2 Å². The van der Waals surface area contributed by atoms with Crippen LogP contribution in [-0.2, 0) is 0 Å². The third-order valence-corrected chi connectivity index (χ3v) is 5.32. The molecule has 3 heteroatoms. The highest BCUT2D eigenvalue weighted by Gasteiger charge is 2.50. The van der Waals surface area contributed by atoms with Gasteiger partial charge in [-0.25, -0.2) is 0 Å². The zero-order chi connectivity index (χ0) is 10.8. The Morgan fingerprint density at radius 2 is 2.14 bits per heavy atom. The Kier molecular flexibility index (Phi) is 4.01. The maximum atomic E-state index is 9.36. The van der Waals surface area contributed by atoms with Gasteiger partial charge in [-0.3, -0.25) is 0 Å². The quantitative estimate of drug-likeness (QED) is 0.748. The highest BCUT2D eigenvalue weighted by atomic mass is 79.9. The van der Waals surface area contributed by atoms with Crippen molar-refractivity contribution in [2.45, 2.75) is 33.1 Å². The zero-order valence-corrected chi connectivity index (χ0v) is 10.7. The average molecular weight is 265 g/mol. The molecule has 0 aromatic carbocycles. The van der Waals surface area contributed by atoms with Crippen LogP contribution < -0.4 is 0 Å². The van der Waals surface area contributed by atoms with Crippen molar-refractivity contribution in [2.24, 2.45) is 16.7 Å². The lowest BCUT2D eigenvalue weighted by Gasteiger charge is -2.54. The first-order valence-corrected chi connectivity index (χ1v) is 6.42. The molecule has 1 saturated carbocycles. The van der Waals surface area contributed by atoms with Gasteiger partial charge < -0.3 is 10.2 Å². The van der Waals surface area contributed by atoms with Crippen LogP contribution in [0.25, 0.3) is 0 Å². The molecule has 0 heterocycles. The minimum absolute atomic E-state index is 0.0810. The first-order chi connectivity index (χ1) is 6.52. The van der Waals surface area contributed by atoms with Gasteiger partial charge in [0, 0.05) is 18.5 Å². The fourth-order valence-corrected chi connectivity index (χ4v) is 3.42. The molecule has 2 N–H and O–H groups in total. The molecule has 0 aromatic heterocycles. The summed E-state index contributed by atoms with van der Waals surface area (Å²) in [5.41, 5.74) is 0.210. The van der Waals surface area contributed by atoms with Gasteiger partial charge in [0.05, 0.1) is 0 Å². The predicted octanol–water partition coefficient (Wildman–Crippen LogP) is 2.18. The van der Waals surface area contributed by atoms with Gasteiger partial charge in [-0.05, 0) is 36.0 Å². The largest absolute Gasteiger partial charge is 0.396 e. The fraction of sp³-hybridized carbons (Fsp3) is 1.00. The second-order valence-electron chi connectivity index (χ2n) is 5.16. The van der Waals surface area contributed by atoms with Crippen molar-refractivity contribution >= 4 is 15.9 Å². The van der Waals surface area contributed by atoms with Crippen molar-refractivity contribution in [3.8, 4) is 0 Å². The molecular formula is C11H21BrO2. The Balaban J connectivity index is 2.70. The van der Waals surface area contributed by atoms with E-state index in [1.807, 2.05) is 0 Å². The molecule has 84 valence electrons. The molecule has 0 amide bonds. The van der Waals surface area contributed by atoms with Crippen molar-refractivity contribution in [2.75, 3.05) is 18.5 Å². The molecule has 1 rings (SSSR count). The molecule has 0 spiro atoms. The third kappa shape index (κ3) is 2.00. The Morgan fingerprint density at radius 3 is 2.43 bits per heavy atom. The molecule has 1 aliphatic carbocycles. The van der Waals surface area contributed by atoms with Crippen molar-refractivity contribution < 1.29 is 10.2 Å². The second-order valence-corrected chi connectivity index (χ2v) is 5.73. The molecule has 0 bridgehead atoms. The highest BCUT2D eigenvalue weighted by molar-refractivity contribution is 9.09. The van der Waals surface area contributed by atoms with E-state index in [0.29, 0.717) is 5.92 Å². The maximum absolute atomic E-state index is 9.36. The van der Waals surface area contributed by atoms with Crippen LogP contribution in [0.1, 0.15) is 33.1 Å². The van der Waals surface area contributed by atoms with Gasteiger partial charge in [0.15, 0.2) is 0 Å². The maximum Gasteiger partial charge on any atom is 0.0487 e. The molecule has 1 fully saturated rings. The van der Waals surface area contributed by atoms with Crippen LogP contribution in [0.15, 0.2) is 0 Å². The van der Waals surface area contributed by atoms with Gasteiger partial charge in [-0.2, -0.15) is 0 Å². The smallest absolute Gasteiger partial charge is 0.0487 e. The summed E-state index contributed by atoms with van der Waals surface area (Å²) in [6.45, 7) is 4.86. The number of hydrogen-bond acceptors (Lipinski definition) is 2. The summed E-state index contributed by atoms with van der Waals surface area (Å²) in [6.07, 6.45) is 3.11. The summed E-state index contributed by atoms with van der Waals surface area (Å²) >= 11 is 3.54. The fourth-order valence-electron chi connectivity index (χ4n) is 2.75. The Labute approximate surface area is 94.8 Å². The number of hydrogen-bond donors (Lipinski definition) is 2. The summed E-state index contributed by atoms with van der Waals surface area (Å²) in [7, 11) is 0. The lowest BCUT2D eigenvalue weighted by Crippen LogP contribution is -2.50. The Bertz CT molecular complexity index is 194. The van der Waals surface area contributed by atoms with Crippen molar-refractivity contribution in [3.63, 3.8) is 0 Å². The zero-order valence-electron chi connectivity index (χ0n) is 9.09. The molecule has 0 aromatic rings. The van der Waals surface area contributed by atoms with E-state index in [2.05, 4.69) is 29.8 Å². The normalized spacial score (nSPS) is 36.2. The summed E-state index contributed by atoms with van der Waals surface area (Å²) in [5.74, 6) is 0.534. The van der Waals surface area contributed by atoms with Gasteiger partial charge in [-0.15, -0.1) is 0 Å². The Morgan fingerprint density at radius 1 is 1.50 bits per heavy atom. The highest BCUT2D eigenvalue weighted by Crippen LogP contribution is 2.56. The number of alkyl halides is 1. The number of aliphatic hydroxyl groups excluding tert-OH is 2. The van der Waals surface area contributed by atoms with E-state index in [4.69, 9.17) is 5.11 Å². The van der Waals surface area contributed by atoms with Crippen LogP contribution in [0.5, 0.6) is 0 Å². The summed E-state index contributed by atoms with van der Waals surface area (Å²) in [5, 5.41) is 19.3. The second kappa shape index (κ2) is 4.50. The standard InChI is InChI=1S/C11H21BrO2/c1-10(7-12,5-6-13)9-3-4-11(9,2)8-14/h9,13-14H,3-8H2,1-2H3. The van der Waals surface area contributed by atoms with Gasteiger partial charge in [-0.1, -0.05) is 29.8 Å². The molecule has 14 heavy (non-hydrogen) atoms. The van der Waals surface area contributed by atoms with Crippen molar-refractivity contribution in [3.05, 3.63) is 0 Å². The minimum atomic E-state index is 0.0810. The van der Waals surface area contributed by atoms with E-state index in [9.17, 15) is 5.11 Å². The summed E-state index contributed by atoms with van der Waals surface area (Å²) < 4.78 is 0. The van der Waals surface area contributed by atoms with Crippen LogP contribution in [0, 0.1) is 16.7 Å². The molecule has 2 nitrogen and oxygen atoms in total. The van der Waals surface area contributed by atoms with Gasteiger partial charge >= 0.3 is 0 Å². The topological polar surface area (TPSA) is 40.5 Å². The van der Waals surface area contributed by atoms with E-state index in [-0.39, 0.29) is 24.0 Å². The predicted molar refractivity (Wildman–Crippen MR) is 61.5 cm³/mol. The molecule has 1 aliphatic rings. The number of rotatable bonds is 5. The number of aliphatic hydroxyl groups is 2. The average Bonchev–Trinajstić information content (AvgIpc) is 2.15. The number of halogens is 1. The van der Waals surface area contributed by atoms with Crippen LogP contribution in [-0.4, -0.2) is 28.8 Å². The summed E-state index contributed by atoms with van der Waals surface area (Å²) in [6, 6.07) is 0. The van der Waals surface area contributed by atoms with Gasteiger partial charge in [0.25, 0.3) is 0 Å². The molecular weight excluding hydrogens is 244 g/mol. The molecule has 0 radical (unpaired) electrons. The molecule has 3 unspecified atom stereocenters. The van der Waals surface area contributed by atoms with Gasteiger partial charge in [0.2, 0.25) is 0 Å². The van der Waals surface area contributed by atoms with Crippen LogP contribution in [0.2, 0.25) is 0 Å². The monoisotopic (exact) mass is 264 g/mol. The molecule has 0 aliphatic heterocycles. The SMILES string of the molecule is CC1(CO)CCC1C(C)(CBr)CCO. The van der Waals surface area contributed by atoms with Gasteiger partial charge in [0.1, 0.15) is 0 Å². The van der Waals surface area contributed by atoms with E-state index < -0.39 is 0 Å². The van der Waals surface area contributed by atoms with Crippen LogP contribution in [0.3, 0.4) is 0 Å². The van der Waals surface area contributed by atoms with Crippen LogP contribution in [0.4, 0.5) is 0 Å². The lowest BCUT2D eigenvalue weighted by molar-refractivity contribution is -0.0794. The first-order valence-electron chi connectivity index (χ1n) is 5.30. The molecule has 3 atom stereocenters. The van der Waals surface area contributed by atoms with Crippen LogP contribution >= 0.6 is 15.9 Å².